The summed E-state index contributed by atoms with van der Waals surface area (Å²) >= 11 is 5.70. The van der Waals surface area contributed by atoms with Crippen LogP contribution in [0.1, 0.15) is 31.3 Å². The molecule has 9 nitrogen and oxygen atoms in total. The number of hydrogen-bond donors (Lipinski definition) is 0. The van der Waals surface area contributed by atoms with E-state index in [1.807, 2.05) is 20.8 Å². The lowest BCUT2D eigenvalue weighted by Crippen LogP contribution is -2.59. The summed E-state index contributed by atoms with van der Waals surface area (Å²) in [4.78, 5) is 36.4. The molecule has 29 heavy (non-hydrogen) atoms. The molecular weight excluding hydrogens is 400 g/mol. The van der Waals surface area contributed by atoms with E-state index in [0.717, 1.165) is 0 Å². The number of nitrogens with zero attached hydrogens (tertiary/aromatic N) is 4. The molecular formula is C19H23ClN4O5. The Bertz CT molecular complexity index is 852. The molecule has 0 spiro atoms. The fourth-order valence-corrected chi connectivity index (χ4v) is 3.02. The third-order valence-electron chi connectivity index (χ3n) is 4.17. The van der Waals surface area contributed by atoms with Crippen molar-refractivity contribution in [3.8, 4) is 5.75 Å². The molecule has 1 saturated heterocycles. The number of rotatable bonds is 4. The van der Waals surface area contributed by atoms with Crippen molar-refractivity contribution in [3.05, 3.63) is 41.8 Å². The third kappa shape index (κ3) is 5.60. The van der Waals surface area contributed by atoms with E-state index in [0.29, 0.717) is 18.8 Å². The maximum atomic E-state index is 12.9. The lowest BCUT2D eigenvalue weighted by Gasteiger charge is -2.41. The molecule has 3 rings (SSSR count). The van der Waals surface area contributed by atoms with Crippen molar-refractivity contribution in [1.29, 1.82) is 0 Å². The number of carbonyl (C=O) groups is 2. The molecule has 1 fully saturated rings. The molecule has 10 heteroatoms. The second kappa shape index (κ2) is 8.69. The maximum absolute atomic E-state index is 12.9. The predicted octanol–water partition coefficient (Wildman–Crippen LogP) is 2.86. The topological polar surface area (TPSA) is 98.0 Å². The minimum absolute atomic E-state index is 0.104. The molecule has 156 valence electrons. The Morgan fingerprint density at radius 2 is 2.14 bits per heavy atom. The van der Waals surface area contributed by atoms with Crippen molar-refractivity contribution in [2.75, 3.05) is 26.2 Å². The van der Waals surface area contributed by atoms with Gasteiger partial charge in [0.25, 0.3) is 11.3 Å². The summed E-state index contributed by atoms with van der Waals surface area (Å²) in [6.07, 6.45) is 4.00. The van der Waals surface area contributed by atoms with Crippen LogP contribution < -0.4 is 4.74 Å². The standard InChI is InChI=1S/C19H23ClN4O5/c1-19(2,3)29-18(26)23-7-8-24(16(25)15-12-28-17(20)22-15)13(10-23)11-27-14-5-4-6-21-9-14/h4-6,9,12-13H,7-8,10-11H2,1-3H3. The van der Waals surface area contributed by atoms with Crippen LogP contribution in [0.2, 0.25) is 5.35 Å². The van der Waals surface area contributed by atoms with Crippen molar-refractivity contribution in [1.82, 2.24) is 19.8 Å². The predicted molar refractivity (Wildman–Crippen MR) is 104 cm³/mol. The molecule has 1 unspecified atom stereocenters. The highest BCUT2D eigenvalue weighted by Crippen LogP contribution is 2.19. The van der Waals surface area contributed by atoms with Gasteiger partial charge in [0.05, 0.1) is 12.2 Å². The van der Waals surface area contributed by atoms with Crippen molar-refractivity contribution in [2.45, 2.75) is 32.4 Å². The molecule has 0 saturated carbocycles. The van der Waals surface area contributed by atoms with Gasteiger partial charge in [-0.2, -0.15) is 4.98 Å². The van der Waals surface area contributed by atoms with Gasteiger partial charge in [0.1, 0.15) is 24.2 Å². The first-order valence-corrected chi connectivity index (χ1v) is 9.53. The number of carbonyl (C=O) groups excluding carboxylic acids is 2. The van der Waals surface area contributed by atoms with Gasteiger partial charge in [-0.05, 0) is 44.5 Å². The number of oxazole rings is 1. The SMILES string of the molecule is CC(C)(C)OC(=O)N1CCN(C(=O)c2coc(Cl)n2)C(COc2cccnc2)C1. The van der Waals surface area contributed by atoms with Gasteiger partial charge in [0.15, 0.2) is 5.69 Å². The van der Waals surface area contributed by atoms with Crippen LogP contribution >= 0.6 is 11.6 Å². The van der Waals surface area contributed by atoms with Crippen LogP contribution in [0.3, 0.4) is 0 Å². The smallest absolute Gasteiger partial charge is 0.410 e. The summed E-state index contributed by atoms with van der Waals surface area (Å²) < 4.78 is 16.2. The van der Waals surface area contributed by atoms with Crippen LogP contribution in [-0.2, 0) is 4.74 Å². The van der Waals surface area contributed by atoms with E-state index in [2.05, 4.69) is 9.97 Å². The number of pyridine rings is 1. The molecule has 0 N–H and O–H groups in total. The summed E-state index contributed by atoms with van der Waals surface area (Å²) in [7, 11) is 0. The van der Waals surface area contributed by atoms with Crippen LogP contribution in [0.15, 0.2) is 35.2 Å². The van der Waals surface area contributed by atoms with Gasteiger partial charge in [-0.15, -0.1) is 0 Å². The summed E-state index contributed by atoms with van der Waals surface area (Å²) in [5.41, 5.74) is -0.504. The average molecular weight is 423 g/mol. The van der Waals surface area contributed by atoms with Gasteiger partial charge in [-0.25, -0.2) is 4.79 Å². The molecule has 0 radical (unpaired) electrons. The van der Waals surface area contributed by atoms with Gasteiger partial charge in [0.2, 0.25) is 0 Å². The van der Waals surface area contributed by atoms with Crippen LogP contribution in [0.4, 0.5) is 4.79 Å². The van der Waals surface area contributed by atoms with Gasteiger partial charge in [0, 0.05) is 25.8 Å². The quantitative estimate of drug-likeness (QED) is 0.747. The van der Waals surface area contributed by atoms with E-state index in [9.17, 15) is 9.59 Å². The monoisotopic (exact) mass is 422 g/mol. The highest BCUT2D eigenvalue weighted by atomic mass is 35.5. The van der Waals surface area contributed by atoms with Gasteiger partial charge in [-0.1, -0.05) is 0 Å². The van der Waals surface area contributed by atoms with Crippen LogP contribution in [0.5, 0.6) is 5.75 Å². The molecule has 1 aliphatic rings. The molecule has 2 aromatic rings. The summed E-state index contributed by atoms with van der Waals surface area (Å²) in [5.74, 6) is 0.225. The average Bonchev–Trinajstić information content (AvgIpc) is 3.11. The number of aromatic nitrogens is 2. The Morgan fingerprint density at radius 1 is 1.34 bits per heavy atom. The summed E-state index contributed by atoms with van der Waals surface area (Å²) in [5, 5.41) is -0.107. The molecule has 2 amide bonds. The zero-order valence-electron chi connectivity index (χ0n) is 16.5. The van der Waals surface area contributed by atoms with Crippen molar-refractivity contribution in [2.24, 2.45) is 0 Å². The number of hydrogen-bond acceptors (Lipinski definition) is 7. The van der Waals surface area contributed by atoms with E-state index in [1.54, 1.807) is 34.3 Å². The number of amides is 2. The van der Waals surface area contributed by atoms with Crippen LogP contribution in [0.25, 0.3) is 0 Å². The Morgan fingerprint density at radius 3 is 2.76 bits per heavy atom. The van der Waals surface area contributed by atoms with E-state index >= 15 is 0 Å². The molecule has 0 aromatic carbocycles. The fraction of sp³-hybridized carbons (Fsp3) is 0.474. The molecule has 1 atom stereocenters. The molecule has 3 heterocycles. The van der Waals surface area contributed by atoms with Crippen LogP contribution in [0, 0.1) is 0 Å². The Hall–Kier alpha value is -2.81. The lowest BCUT2D eigenvalue weighted by molar-refractivity contribution is -0.00109. The van der Waals surface area contributed by atoms with Crippen molar-refractivity contribution < 1.29 is 23.5 Å². The van der Waals surface area contributed by atoms with Crippen molar-refractivity contribution >= 4 is 23.6 Å². The zero-order valence-corrected chi connectivity index (χ0v) is 17.3. The Balaban J connectivity index is 1.74. The van der Waals surface area contributed by atoms with E-state index < -0.39 is 17.7 Å². The normalized spacial score (nSPS) is 17.2. The van der Waals surface area contributed by atoms with Crippen molar-refractivity contribution in [3.63, 3.8) is 0 Å². The van der Waals surface area contributed by atoms with Gasteiger partial charge < -0.3 is 23.7 Å². The zero-order chi connectivity index (χ0) is 21.0. The molecule has 0 bridgehead atoms. The minimum Gasteiger partial charge on any atom is -0.490 e. The maximum Gasteiger partial charge on any atom is 0.410 e. The van der Waals surface area contributed by atoms with Gasteiger partial charge >= 0.3 is 6.09 Å². The molecule has 1 aliphatic heterocycles. The van der Waals surface area contributed by atoms with E-state index in [1.165, 1.54) is 6.26 Å². The summed E-state index contributed by atoms with van der Waals surface area (Å²) in [6.45, 7) is 6.47. The second-order valence-corrected chi connectivity index (χ2v) is 7.89. The Labute approximate surface area is 173 Å². The lowest BCUT2D eigenvalue weighted by atomic mass is 10.1. The molecule has 0 aliphatic carbocycles. The fourth-order valence-electron chi connectivity index (χ4n) is 2.88. The Kier molecular flexibility index (Phi) is 6.26. The first kappa shape index (κ1) is 20.9. The van der Waals surface area contributed by atoms with Gasteiger partial charge in [-0.3, -0.25) is 9.78 Å². The second-order valence-electron chi connectivity index (χ2n) is 7.56. The number of halogens is 1. The first-order valence-electron chi connectivity index (χ1n) is 9.16. The highest BCUT2D eigenvalue weighted by Gasteiger charge is 2.36. The third-order valence-corrected chi connectivity index (χ3v) is 4.34. The largest absolute Gasteiger partial charge is 0.490 e. The molecule has 2 aromatic heterocycles. The highest BCUT2D eigenvalue weighted by molar-refractivity contribution is 6.27. The number of piperazine rings is 1. The van der Waals surface area contributed by atoms with E-state index in [4.69, 9.17) is 25.5 Å². The first-order chi connectivity index (χ1) is 13.7. The van der Waals surface area contributed by atoms with Crippen LogP contribution in [-0.4, -0.2) is 69.7 Å². The summed E-state index contributed by atoms with van der Waals surface area (Å²) in [6, 6.07) is 3.11. The van der Waals surface area contributed by atoms with E-state index in [-0.39, 0.29) is 30.1 Å². The number of ether oxygens (including phenoxy) is 2. The minimum atomic E-state index is -0.608.